The molecule has 26 nitrogen and oxygen atoms in total. The van der Waals surface area contributed by atoms with Crippen molar-refractivity contribution in [2.24, 2.45) is 5.73 Å². The Morgan fingerprint density at radius 1 is 0.364 bits per heavy atom. The number of nitrogens with two attached hydrogens (primary N) is 1. The van der Waals surface area contributed by atoms with Gasteiger partial charge >= 0.3 is 23.9 Å². The fourth-order valence-corrected chi connectivity index (χ4v) is 7.37. The van der Waals surface area contributed by atoms with Crippen molar-refractivity contribution >= 4 is 65.6 Å². The first-order valence-corrected chi connectivity index (χ1v) is 27.0. The van der Waals surface area contributed by atoms with Crippen LogP contribution in [-0.2, 0) is 71.7 Å². The van der Waals surface area contributed by atoms with Gasteiger partial charge in [0.25, 0.3) is 0 Å². The molecule has 0 rings (SSSR count). The molecule has 4 atom stereocenters. The van der Waals surface area contributed by atoms with Crippen LogP contribution in [0.4, 0.5) is 0 Å². The molecule has 0 aliphatic carbocycles. The van der Waals surface area contributed by atoms with E-state index in [0.717, 1.165) is 70.6 Å². The van der Waals surface area contributed by atoms with E-state index in [4.69, 9.17) is 29.8 Å². The number of carboxylic acid groups (broad SMARTS) is 4. The lowest BCUT2D eigenvalue weighted by Crippen LogP contribution is -2.45. The van der Waals surface area contributed by atoms with Crippen molar-refractivity contribution < 1.29 is 92.1 Å². The van der Waals surface area contributed by atoms with Crippen LogP contribution in [0, 0.1) is 0 Å². The molecule has 6 amide bonds. The number of hydrogen-bond acceptors (Lipinski definition) is 16. The lowest BCUT2D eigenvalue weighted by Gasteiger charge is -2.18. The van der Waals surface area contributed by atoms with Gasteiger partial charge in [0.2, 0.25) is 35.4 Å². The normalized spacial score (nSPS) is 12.5. The highest BCUT2D eigenvalue weighted by Gasteiger charge is 2.26. The number of hydrogen-bond donors (Lipinski definition) is 11. The summed E-state index contributed by atoms with van der Waals surface area (Å²) in [4.78, 5) is 130. The molecule has 12 N–H and O–H groups in total. The zero-order valence-electron chi connectivity index (χ0n) is 44.8. The SMILES string of the molecule is NC(C=O)CCCCNC(=O)COCCOCCNC(=O)COCCOCCNC(=O)CC[C@H](NC(=O)CC[C@H](NC(=O)CCC(NC(=O)CCCCCCCCCCCCCCCCC(=O)O)C(=O)O)C(=O)O)C(=O)O. The lowest BCUT2D eigenvalue weighted by molar-refractivity contribution is -0.144. The van der Waals surface area contributed by atoms with Crippen molar-refractivity contribution in [3.63, 3.8) is 0 Å². The molecule has 0 radical (unpaired) electrons. The summed E-state index contributed by atoms with van der Waals surface area (Å²) in [5, 5.41) is 52.3. The summed E-state index contributed by atoms with van der Waals surface area (Å²) in [6, 6.07) is -4.93. The first kappa shape index (κ1) is 71.2. The minimum absolute atomic E-state index is 0.0713. The summed E-state index contributed by atoms with van der Waals surface area (Å²) >= 11 is 0. The van der Waals surface area contributed by atoms with E-state index in [1.165, 1.54) is 19.3 Å². The quantitative estimate of drug-likeness (QED) is 0.0303. The summed E-state index contributed by atoms with van der Waals surface area (Å²) in [7, 11) is 0. The molecule has 26 heteroatoms. The van der Waals surface area contributed by atoms with E-state index in [9.17, 15) is 68.1 Å². The molecule has 0 fully saturated rings. The van der Waals surface area contributed by atoms with E-state index in [1.54, 1.807) is 0 Å². The summed E-state index contributed by atoms with van der Waals surface area (Å²) in [5.41, 5.74) is 5.51. The van der Waals surface area contributed by atoms with Gasteiger partial charge in [-0.25, -0.2) is 14.4 Å². The highest BCUT2D eigenvalue weighted by molar-refractivity contribution is 5.87. The first-order valence-electron chi connectivity index (χ1n) is 27.0. The molecular weight excluding hydrogens is 1010 g/mol. The number of carboxylic acids is 4. The Balaban J connectivity index is 4.16. The molecule has 0 saturated carbocycles. The van der Waals surface area contributed by atoms with Crippen molar-refractivity contribution in [3.05, 3.63) is 0 Å². The lowest BCUT2D eigenvalue weighted by atomic mass is 10.0. The number of amides is 6. The van der Waals surface area contributed by atoms with E-state index in [2.05, 4.69) is 31.9 Å². The van der Waals surface area contributed by atoms with Crippen LogP contribution >= 0.6 is 0 Å². The van der Waals surface area contributed by atoms with Crippen LogP contribution in [0.15, 0.2) is 0 Å². The Bertz CT molecular complexity index is 1730. The molecule has 0 aliphatic rings. The van der Waals surface area contributed by atoms with Crippen LogP contribution < -0.4 is 37.6 Å². The average molecular weight is 1100 g/mol. The van der Waals surface area contributed by atoms with Gasteiger partial charge in [-0.3, -0.25) is 33.6 Å². The van der Waals surface area contributed by atoms with Crippen molar-refractivity contribution in [1.82, 2.24) is 31.9 Å². The van der Waals surface area contributed by atoms with Gasteiger partial charge in [-0.05, 0) is 51.4 Å². The van der Waals surface area contributed by atoms with Gasteiger partial charge in [-0.1, -0.05) is 77.0 Å². The predicted octanol–water partition coefficient (Wildman–Crippen LogP) is 1.47. The van der Waals surface area contributed by atoms with Gasteiger partial charge in [-0.15, -0.1) is 0 Å². The minimum Gasteiger partial charge on any atom is -0.481 e. The third kappa shape index (κ3) is 46.0. The van der Waals surface area contributed by atoms with E-state index >= 15 is 0 Å². The number of carbonyl (C=O) groups is 11. The Morgan fingerprint density at radius 2 is 0.701 bits per heavy atom. The standard InChI is InChI=1S/C51H89N7O19/c52-38(35-59)17-15-16-26-53-46(64)36-76-33-32-75-30-28-55-47(65)37-77-34-31-74-29-27-54-42(60)23-20-39(49(68)69)57-44(62)25-22-41(51(72)73)58-45(63)24-21-40(50(70)71)56-43(61)18-13-11-9-7-5-3-1-2-4-6-8-10-12-14-19-48(66)67/h35,38-41H,1-34,36-37,52H2,(H,53,64)(H,54,60)(H,55,65)(H,56,61)(H,57,62)(H,58,63)(H,66,67)(H,68,69)(H,70,71)(H,72,73)/t38?,39-,40?,41-/m0/s1. The number of aldehydes is 1. The molecule has 442 valence electrons. The predicted molar refractivity (Wildman–Crippen MR) is 278 cm³/mol. The van der Waals surface area contributed by atoms with Crippen molar-refractivity contribution in [3.8, 4) is 0 Å². The molecule has 0 bridgehead atoms. The summed E-state index contributed by atoms with van der Waals surface area (Å²) < 4.78 is 21.2. The average Bonchev–Trinajstić information content (AvgIpc) is 3.38. The Labute approximate surface area is 451 Å². The van der Waals surface area contributed by atoms with Crippen LogP contribution in [0.2, 0.25) is 0 Å². The van der Waals surface area contributed by atoms with Crippen molar-refractivity contribution in [2.45, 2.75) is 185 Å². The maximum absolute atomic E-state index is 12.6. The second-order valence-electron chi connectivity index (χ2n) is 18.5. The van der Waals surface area contributed by atoms with Gasteiger partial charge in [-0.2, -0.15) is 0 Å². The smallest absolute Gasteiger partial charge is 0.326 e. The number of ether oxygens (including phenoxy) is 4. The van der Waals surface area contributed by atoms with Gasteiger partial charge in [0, 0.05) is 51.7 Å². The summed E-state index contributed by atoms with van der Waals surface area (Å²) in [5.74, 6) is -8.37. The summed E-state index contributed by atoms with van der Waals surface area (Å²) in [6.45, 7) is 1.28. The molecule has 77 heavy (non-hydrogen) atoms. The monoisotopic (exact) mass is 1100 g/mol. The third-order valence-corrected chi connectivity index (χ3v) is 11.7. The Kier molecular flexibility index (Phi) is 44.9. The minimum atomic E-state index is -1.57. The second kappa shape index (κ2) is 48.5. The molecule has 0 aliphatic heterocycles. The third-order valence-electron chi connectivity index (χ3n) is 11.7. The van der Waals surface area contributed by atoms with E-state index in [1.807, 2.05) is 0 Å². The number of carbonyl (C=O) groups excluding carboxylic acids is 7. The molecule has 0 heterocycles. The zero-order chi connectivity index (χ0) is 57.3. The molecule has 0 aromatic rings. The molecule has 0 aromatic heterocycles. The van der Waals surface area contributed by atoms with Gasteiger partial charge in [0.05, 0.1) is 45.7 Å². The van der Waals surface area contributed by atoms with Crippen LogP contribution in [0.3, 0.4) is 0 Å². The largest absolute Gasteiger partial charge is 0.481 e. The topological polar surface area (TPSA) is 404 Å². The highest BCUT2D eigenvalue weighted by atomic mass is 16.5. The Morgan fingerprint density at radius 3 is 1.09 bits per heavy atom. The number of unbranched alkanes of at least 4 members (excludes halogenated alkanes) is 14. The van der Waals surface area contributed by atoms with E-state index < -0.39 is 90.9 Å². The van der Waals surface area contributed by atoms with Gasteiger partial charge < -0.3 is 81.8 Å². The fourth-order valence-electron chi connectivity index (χ4n) is 7.37. The number of nitrogens with one attached hydrogen (secondary N) is 6. The second-order valence-corrected chi connectivity index (χ2v) is 18.5. The maximum Gasteiger partial charge on any atom is 0.326 e. The molecule has 0 spiro atoms. The maximum atomic E-state index is 12.6. The molecular formula is C51H89N7O19. The number of aliphatic carboxylic acids is 4. The molecule has 2 unspecified atom stereocenters. The zero-order valence-corrected chi connectivity index (χ0v) is 44.8. The van der Waals surface area contributed by atoms with E-state index in [-0.39, 0.29) is 110 Å². The highest BCUT2D eigenvalue weighted by Crippen LogP contribution is 2.14. The molecule has 0 saturated heterocycles. The van der Waals surface area contributed by atoms with Crippen LogP contribution in [0.1, 0.15) is 161 Å². The number of rotatable bonds is 54. The van der Waals surface area contributed by atoms with Crippen LogP contribution in [0.5, 0.6) is 0 Å². The van der Waals surface area contributed by atoms with Crippen molar-refractivity contribution in [1.29, 1.82) is 0 Å². The Hall–Kier alpha value is -5.83. The molecule has 0 aromatic carbocycles. The van der Waals surface area contributed by atoms with Gasteiger partial charge in [0.1, 0.15) is 37.6 Å². The van der Waals surface area contributed by atoms with Crippen molar-refractivity contribution in [2.75, 3.05) is 72.5 Å². The summed E-state index contributed by atoms with van der Waals surface area (Å²) in [6.07, 6.45) is 14.9. The van der Waals surface area contributed by atoms with Gasteiger partial charge in [0.15, 0.2) is 0 Å². The first-order chi connectivity index (χ1) is 36.9. The fraction of sp³-hybridized carbons (Fsp3) is 0.784. The van der Waals surface area contributed by atoms with E-state index in [0.29, 0.717) is 32.1 Å². The van der Waals surface area contributed by atoms with Crippen LogP contribution in [0.25, 0.3) is 0 Å². The van der Waals surface area contributed by atoms with Crippen LogP contribution in [-0.4, -0.2) is 183 Å².